The standard InChI is InChI=1S/C26H24Cl2N2O4/c1-15-6-9-18(14-19(15)27)30-26(17-8-11-21(32-3)23(13-17)34-5)24(28)25(29-30)16-7-10-20(31-2)22(12-16)33-4/h6-14H,1-5H3. The molecule has 0 amide bonds. The first-order valence-corrected chi connectivity index (χ1v) is 11.2. The highest BCUT2D eigenvalue weighted by molar-refractivity contribution is 6.35. The smallest absolute Gasteiger partial charge is 0.161 e. The Hall–Kier alpha value is -3.35. The van der Waals surface area contributed by atoms with Crippen LogP contribution in [-0.2, 0) is 0 Å². The van der Waals surface area contributed by atoms with E-state index in [1.165, 1.54) is 0 Å². The molecule has 0 saturated heterocycles. The molecular formula is C26H24Cl2N2O4. The summed E-state index contributed by atoms with van der Waals surface area (Å²) in [5.41, 5.74) is 4.60. The minimum atomic E-state index is 0.469. The Labute approximate surface area is 208 Å². The van der Waals surface area contributed by atoms with Crippen molar-refractivity contribution in [1.29, 1.82) is 0 Å². The van der Waals surface area contributed by atoms with E-state index in [1.54, 1.807) is 33.1 Å². The van der Waals surface area contributed by atoms with Crippen LogP contribution in [-0.4, -0.2) is 38.2 Å². The molecule has 0 unspecified atom stereocenters. The second-order valence-electron chi connectivity index (χ2n) is 7.50. The van der Waals surface area contributed by atoms with Crippen LogP contribution in [0.25, 0.3) is 28.2 Å². The second-order valence-corrected chi connectivity index (χ2v) is 8.28. The Kier molecular flexibility index (Phi) is 6.91. The summed E-state index contributed by atoms with van der Waals surface area (Å²) in [6.45, 7) is 1.95. The normalized spacial score (nSPS) is 10.8. The molecule has 0 fully saturated rings. The quantitative estimate of drug-likeness (QED) is 0.278. The minimum Gasteiger partial charge on any atom is -0.493 e. The molecule has 1 aromatic heterocycles. The molecular weight excluding hydrogens is 475 g/mol. The summed E-state index contributed by atoms with van der Waals surface area (Å²) in [7, 11) is 6.37. The van der Waals surface area contributed by atoms with Crippen LogP contribution in [0.3, 0.4) is 0 Å². The van der Waals surface area contributed by atoms with Crippen molar-refractivity contribution in [3.05, 3.63) is 70.2 Å². The lowest BCUT2D eigenvalue weighted by Gasteiger charge is -2.12. The van der Waals surface area contributed by atoms with Crippen molar-refractivity contribution in [3.8, 4) is 51.2 Å². The molecule has 0 spiro atoms. The zero-order chi connectivity index (χ0) is 24.4. The third-order valence-electron chi connectivity index (χ3n) is 5.54. The van der Waals surface area contributed by atoms with Gasteiger partial charge in [0.1, 0.15) is 5.69 Å². The summed E-state index contributed by atoms with van der Waals surface area (Å²) >= 11 is 13.4. The molecule has 176 valence electrons. The van der Waals surface area contributed by atoms with Crippen molar-refractivity contribution >= 4 is 23.2 Å². The molecule has 3 aromatic carbocycles. The fraction of sp³-hybridized carbons (Fsp3) is 0.192. The van der Waals surface area contributed by atoms with Gasteiger partial charge in [-0.2, -0.15) is 5.10 Å². The van der Waals surface area contributed by atoms with Crippen LogP contribution >= 0.6 is 23.2 Å². The summed E-state index contributed by atoms with van der Waals surface area (Å²) < 4.78 is 23.5. The molecule has 1 heterocycles. The number of aryl methyl sites for hydroxylation is 1. The third kappa shape index (κ3) is 4.27. The lowest BCUT2D eigenvalue weighted by Crippen LogP contribution is -2.00. The van der Waals surface area contributed by atoms with Gasteiger partial charge in [0.05, 0.1) is 44.8 Å². The fourth-order valence-corrected chi connectivity index (χ4v) is 4.21. The van der Waals surface area contributed by atoms with Crippen molar-refractivity contribution in [2.75, 3.05) is 28.4 Å². The van der Waals surface area contributed by atoms with E-state index < -0.39 is 0 Å². The number of ether oxygens (including phenoxy) is 4. The lowest BCUT2D eigenvalue weighted by molar-refractivity contribution is 0.355. The average Bonchev–Trinajstić information content (AvgIpc) is 3.21. The molecule has 6 nitrogen and oxygen atoms in total. The van der Waals surface area contributed by atoms with Gasteiger partial charge in [0.15, 0.2) is 23.0 Å². The number of benzene rings is 3. The molecule has 4 aromatic rings. The summed E-state index contributed by atoms with van der Waals surface area (Å²) in [5, 5.41) is 5.99. The van der Waals surface area contributed by atoms with Gasteiger partial charge in [0, 0.05) is 16.1 Å². The van der Waals surface area contributed by atoms with E-state index in [-0.39, 0.29) is 0 Å². The zero-order valence-electron chi connectivity index (χ0n) is 19.5. The summed E-state index contributed by atoms with van der Waals surface area (Å²) in [6.07, 6.45) is 0. The number of methoxy groups -OCH3 is 4. The van der Waals surface area contributed by atoms with Crippen molar-refractivity contribution in [2.24, 2.45) is 0 Å². The molecule has 0 radical (unpaired) electrons. The Balaban J connectivity index is 1.98. The number of nitrogens with zero attached hydrogens (tertiary/aromatic N) is 2. The summed E-state index contributed by atoms with van der Waals surface area (Å²) in [6, 6.07) is 16.9. The first kappa shape index (κ1) is 23.8. The van der Waals surface area contributed by atoms with Crippen molar-refractivity contribution in [1.82, 2.24) is 9.78 Å². The molecule has 4 rings (SSSR count). The SMILES string of the molecule is COc1ccc(-c2nn(-c3ccc(C)c(Cl)c3)c(-c3ccc(OC)c(OC)c3)c2Cl)cc1OC. The first-order chi connectivity index (χ1) is 16.4. The van der Waals surface area contributed by atoms with Gasteiger partial charge in [-0.05, 0) is 61.0 Å². The molecule has 34 heavy (non-hydrogen) atoms. The maximum Gasteiger partial charge on any atom is 0.161 e. The zero-order valence-corrected chi connectivity index (χ0v) is 21.0. The van der Waals surface area contributed by atoms with Gasteiger partial charge in [-0.1, -0.05) is 29.3 Å². The number of hydrogen-bond acceptors (Lipinski definition) is 5. The summed E-state index contributed by atoms with van der Waals surface area (Å²) in [5.74, 6) is 2.40. The number of hydrogen-bond donors (Lipinski definition) is 0. The van der Waals surface area contributed by atoms with Gasteiger partial charge in [-0.15, -0.1) is 0 Å². The van der Waals surface area contributed by atoms with E-state index in [1.807, 2.05) is 61.5 Å². The van der Waals surface area contributed by atoms with Gasteiger partial charge in [0.2, 0.25) is 0 Å². The first-order valence-electron chi connectivity index (χ1n) is 10.4. The van der Waals surface area contributed by atoms with E-state index in [4.69, 9.17) is 47.2 Å². The van der Waals surface area contributed by atoms with Crippen LogP contribution in [0.15, 0.2) is 54.6 Å². The van der Waals surface area contributed by atoms with Crippen molar-refractivity contribution in [3.63, 3.8) is 0 Å². The molecule has 0 aliphatic carbocycles. The molecule has 0 N–H and O–H groups in total. The molecule has 0 saturated carbocycles. The number of halogens is 2. The van der Waals surface area contributed by atoms with Gasteiger partial charge in [0.25, 0.3) is 0 Å². The highest BCUT2D eigenvalue weighted by atomic mass is 35.5. The predicted molar refractivity (Wildman–Crippen MR) is 135 cm³/mol. The molecule has 0 bridgehead atoms. The van der Waals surface area contributed by atoms with Crippen molar-refractivity contribution in [2.45, 2.75) is 6.92 Å². The van der Waals surface area contributed by atoms with Crippen LogP contribution in [0.1, 0.15) is 5.56 Å². The third-order valence-corrected chi connectivity index (χ3v) is 6.31. The Morgan fingerprint density at radius 1 is 0.676 bits per heavy atom. The van der Waals surface area contributed by atoms with E-state index in [9.17, 15) is 0 Å². The highest BCUT2D eigenvalue weighted by Gasteiger charge is 2.23. The Bertz CT molecular complexity index is 1350. The van der Waals surface area contributed by atoms with Crippen LogP contribution in [0, 0.1) is 6.92 Å². The average molecular weight is 499 g/mol. The second kappa shape index (κ2) is 9.87. The van der Waals surface area contributed by atoms with E-state index in [0.29, 0.717) is 44.4 Å². The largest absolute Gasteiger partial charge is 0.493 e. The topological polar surface area (TPSA) is 54.7 Å². The lowest BCUT2D eigenvalue weighted by atomic mass is 10.1. The molecule has 0 atom stereocenters. The van der Waals surface area contributed by atoms with Crippen LogP contribution < -0.4 is 18.9 Å². The maximum atomic E-state index is 7.00. The monoisotopic (exact) mass is 498 g/mol. The maximum absolute atomic E-state index is 7.00. The molecule has 0 aliphatic heterocycles. The van der Waals surface area contributed by atoms with Gasteiger partial charge in [-0.3, -0.25) is 0 Å². The minimum absolute atomic E-state index is 0.469. The van der Waals surface area contributed by atoms with E-state index in [2.05, 4.69) is 0 Å². The Morgan fingerprint density at radius 3 is 1.79 bits per heavy atom. The number of aromatic nitrogens is 2. The number of rotatable bonds is 7. The molecule has 8 heteroatoms. The predicted octanol–water partition coefficient (Wildman–Crippen LogP) is 6.86. The van der Waals surface area contributed by atoms with Crippen molar-refractivity contribution < 1.29 is 18.9 Å². The highest BCUT2D eigenvalue weighted by Crippen LogP contribution is 2.42. The van der Waals surface area contributed by atoms with Gasteiger partial charge >= 0.3 is 0 Å². The van der Waals surface area contributed by atoms with Gasteiger partial charge in [-0.25, -0.2) is 4.68 Å². The van der Waals surface area contributed by atoms with Gasteiger partial charge < -0.3 is 18.9 Å². The van der Waals surface area contributed by atoms with Crippen LogP contribution in [0.2, 0.25) is 10.0 Å². The summed E-state index contributed by atoms with van der Waals surface area (Å²) in [4.78, 5) is 0. The van der Waals surface area contributed by atoms with Crippen LogP contribution in [0.5, 0.6) is 23.0 Å². The van der Waals surface area contributed by atoms with E-state index >= 15 is 0 Å². The Morgan fingerprint density at radius 2 is 1.24 bits per heavy atom. The molecule has 0 aliphatic rings. The fourth-order valence-electron chi connectivity index (χ4n) is 3.70. The van der Waals surface area contributed by atoms with Crippen LogP contribution in [0.4, 0.5) is 0 Å². The van der Waals surface area contributed by atoms with E-state index in [0.717, 1.165) is 22.4 Å².